The second-order valence-corrected chi connectivity index (χ2v) is 6.60. The Morgan fingerprint density at radius 1 is 1.16 bits per heavy atom. The lowest BCUT2D eigenvalue weighted by Crippen LogP contribution is -1.95. The van der Waals surface area contributed by atoms with Crippen LogP contribution in [0.4, 0.5) is 5.82 Å². The fourth-order valence-corrected chi connectivity index (χ4v) is 3.65. The number of fused-ring (bicyclic) bond motifs is 1. The number of anilines is 1. The zero-order valence-corrected chi connectivity index (χ0v) is 13.0. The molecule has 3 nitrogen and oxygen atoms in total. The fourth-order valence-electron chi connectivity index (χ4n) is 1.97. The highest BCUT2D eigenvalue weighted by molar-refractivity contribution is 7.99. The lowest BCUT2D eigenvalue weighted by atomic mass is 10.1. The van der Waals surface area contributed by atoms with E-state index in [1.807, 2.05) is 11.4 Å². The summed E-state index contributed by atoms with van der Waals surface area (Å²) in [5, 5.41) is 3.81. The number of aromatic nitrogens is 2. The van der Waals surface area contributed by atoms with Gasteiger partial charge in [0.25, 0.3) is 0 Å². The maximum atomic E-state index is 5.93. The summed E-state index contributed by atoms with van der Waals surface area (Å²) in [6.07, 6.45) is 7.93. The molecule has 0 unspecified atom stereocenters. The van der Waals surface area contributed by atoms with E-state index in [1.54, 1.807) is 23.1 Å². The van der Waals surface area contributed by atoms with E-state index in [-0.39, 0.29) is 0 Å². The van der Waals surface area contributed by atoms with Crippen molar-refractivity contribution >= 4 is 39.1 Å². The normalized spacial score (nSPS) is 11.2. The van der Waals surface area contributed by atoms with Gasteiger partial charge in [0.05, 0.1) is 5.39 Å². The van der Waals surface area contributed by atoms with Crippen molar-refractivity contribution < 1.29 is 0 Å². The molecular formula is C14H21N3S2. The first-order chi connectivity index (χ1) is 9.31. The number of unbranched alkanes of at least 4 members (excludes halogenated alkanes) is 5. The molecule has 0 aliphatic heterocycles. The molecule has 0 aromatic carbocycles. The third-order valence-corrected chi connectivity index (χ3v) is 4.80. The second-order valence-electron chi connectivity index (χ2n) is 4.65. The molecule has 2 rings (SSSR count). The maximum Gasteiger partial charge on any atom is 0.190 e. The van der Waals surface area contributed by atoms with Crippen molar-refractivity contribution in [3.8, 4) is 0 Å². The van der Waals surface area contributed by atoms with Crippen LogP contribution in [0.5, 0.6) is 0 Å². The van der Waals surface area contributed by atoms with E-state index in [4.69, 9.17) is 5.73 Å². The van der Waals surface area contributed by atoms with Gasteiger partial charge in [-0.1, -0.05) is 50.8 Å². The zero-order chi connectivity index (χ0) is 13.5. The van der Waals surface area contributed by atoms with Crippen LogP contribution in [0.25, 0.3) is 10.2 Å². The Kier molecular flexibility index (Phi) is 5.92. The van der Waals surface area contributed by atoms with Gasteiger partial charge in [-0.2, -0.15) is 0 Å². The van der Waals surface area contributed by atoms with Crippen molar-refractivity contribution in [2.45, 2.75) is 50.6 Å². The minimum absolute atomic E-state index is 0.608. The first kappa shape index (κ1) is 14.6. The Labute approximate surface area is 123 Å². The van der Waals surface area contributed by atoms with Gasteiger partial charge in [-0.3, -0.25) is 0 Å². The van der Waals surface area contributed by atoms with Crippen LogP contribution in [0.3, 0.4) is 0 Å². The molecule has 0 spiro atoms. The number of rotatable bonds is 8. The zero-order valence-electron chi connectivity index (χ0n) is 11.4. The highest BCUT2D eigenvalue weighted by atomic mass is 32.2. The highest BCUT2D eigenvalue weighted by Gasteiger charge is 2.06. The largest absolute Gasteiger partial charge is 0.383 e. The topological polar surface area (TPSA) is 51.8 Å². The smallest absolute Gasteiger partial charge is 0.190 e. The van der Waals surface area contributed by atoms with E-state index in [2.05, 4.69) is 16.9 Å². The van der Waals surface area contributed by atoms with E-state index in [1.165, 1.54) is 38.5 Å². The van der Waals surface area contributed by atoms with Crippen LogP contribution in [0.15, 0.2) is 16.6 Å². The van der Waals surface area contributed by atoms with Gasteiger partial charge in [0.1, 0.15) is 10.6 Å². The number of thioether (sulfide) groups is 1. The highest BCUT2D eigenvalue weighted by Crippen LogP contribution is 2.26. The Balaban J connectivity index is 1.75. The van der Waals surface area contributed by atoms with Crippen molar-refractivity contribution in [3.63, 3.8) is 0 Å². The number of nitrogen functional groups attached to an aromatic ring is 1. The predicted molar refractivity (Wildman–Crippen MR) is 85.9 cm³/mol. The molecule has 0 saturated heterocycles. The Morgan fingerprint density at radius 3 is 2.79 bits per heavy atom. The molecule has 0 bridgehead atoms. The first-order valence-electron chi connectivity index (χ1n) is 6.94. The fraction of sp³-hybridized carbons (Fsp3) is 0.571. The van der Waals surface area contributed by atoms with E-state index in [0.717, 1.165) is 21.1 Å². The van der Waals surface area contributed by atoms with Crippen LogP contribution in [-0.4, -0.2) is 15.7 Å². The monoisotopic (exact) mass is 295 g/mol. The van der Waals surface area contributed by atoms with Crippen LogP contribution in [0, 0.1) is 0 Å². The lowest BCUT2D eigenvalue weighted by Gasteiger charge is -2.02. The Morgan fingerprint density at radius 2 is 1.95 bits per heavy atom. The molecule has 0 saturated carbocycles. The number of hydrogen-bond donors (Lipinski definition) is 1. The summed E-state index contributed by atoms with van der Waals surface area (Å²) in [5.74, 6) is 1.69. The van der Waals surface area contributed by atoms with Crippen LogP contribution >= 0.6 is 23.1 Å². The van der Waals surface area contributed by atoms with Crippen molar-refractivity contribution in [2.75, 3.05) is 11.5 Å². The number of nitrogens with zero attached hydrogens (tertiary/aromatic N) is 2. The van der Waals surface area contributed by atoms with Gasteiger partial charge in [-0.05, 0) is 17.9 Å². The molecule has 2 heterocycles. The SMILES string of the molecule is CCCCCCCCSc1nc(N)c2ccsc2n1. The lowest BCUT2D eigenvalue weighted by molar-refractivity contribution is 0.627. The molecule has 0 fully saturated rings. The standard InChI is InChI=1S/C14H21N3S2/c1-2-3-4-5-6-7-9-19-14-16-12(15)11-8-10-18-13(11)17-14/h8,10H,2-7,9H2,1H3,(H2,15,16,17). The Hall–Kier alpha value is -0.810. The van der Waals surface area contributed by atoms with Crippen LogP contribution in [-0.2, 0) is 0 Å². The molecule has 2 aromatic heterocycles. The first-order valence-corrected chi connectivity index (χ1v) is 8.81. The van der Waals surface area contributed by atoms with Gasteiger partial charge < -0.3 is 5.73 Å². The van der Waals surface area contributed by atoms with E-state index in [9.17, 15) is 0 Å². The minimum atomic E-state index is 0.608. The average molecular weight is 295 g/mol. The van der Waals surface area contributed by atoms with E-state index >= 15 is 0 Å². The quantitative estimate of drug-likeness (QED) is 0.435. The van der Waals surface area contributed by atoms with Crippen molar-refractivity contribution in [3.05, 3.63) is 11.4 Å². The summed E-state index contributed by atoms with van der Waals surface area (Å²) < 4.78 is 0. The predicted octanol–water partition coefficient (Wildman–Crippen LogP) is 4.73. The molecule has 0 radical (unpaired) electrons. The molecule has 0 amide bonds. The molecule has 5 heteroatoms. The number of nitrogens with two attached hydrogens (primary N) is 1. The Bertz CT molecular complexity index is 510. The molecule has 19 heavy (non-hydrogen) atoms. The van der Waals surface area contributed by atoms with Crippen molar-refractivity contribution in [2.24, 2.45) is 0 Å². The van der Waals surface area contributed by atoms with Crippen molar-refractivity contribution in [1.29, 1.82) is 0 Å². The summed E-state index contributed by atoms with van der Waals surface area (Å²) in [6.45, 7) is 2.25. The van der Waals surface area contributed by atoms with Crippen LogP contribution < -0.4 is 5.73 Å². The van der Waals surface area contributed by atoms with E-state index in [0.29, 0.717) is 5.82 Å². The second kappa shape index (κ2) is 7.70. The molecule has 2 N–H and O–H groups in total. The summed E-state index contributed by atoms with van der Waals surface area (Å²) in [5.41, 5.74) is 5.93. The minimum Gasteiger partial charge on any atom is -0.383 e. The maximum absolute atomic E-state index is 5.93. The van der Waals surface area contributed by atoms with E-state index < -0.39 is 0 Å². The summed E-state index contributed by atoms with van der Waals surface area (Å²) >= 11 is 3.35. The van der Waals surface area contributed by atoms with Gasteiger partial charge in [0.15, 0.2) is 5.16 Å². The molecule has 2 aromatic rings. The van der Waals surface area contributed by atoms with Crippen LogP contribution in [0.2, 0.25) is 0 Å². The summed E-state index contributed by atoms with van der Waals surface area (Å²) in [6, 6.07) is 1.98. The van der Waals surface area contributed by atoms with Gasteiger partial charge in [-0.25, -0.2) is 9.97 Å². The molecule has 0 atom stereocenters. The molecule has 0 aliphatic carbocycles. The number of hydrogen-bond acceptors (Lipinski definition) is 5. The molecular weight excluding hydrogens is 274 g/mol. The average Bonchev–Trinajstić information content (AvgIpc) is 2.86. The third-order valence-electron chi connectivity index (χ3n) is 3.06. The van der Waals surface area contributed by atoms with Crippen LogP contribution in [0.1, 0.15) is 45.4 Å². The molecule has 0 aliphatic rings. The van der Waals surface area contributed by atoms with Crippen molar-refractivity contribution in [1.82, 2.24) is 9.97 Å². The summed E-state index contributed by atoms with van der Waals surface area (Å²) in [7, 11) is 0. The van der Waals surface area contributed by atoms with Gasteiger partial charge in [-0.15, -0.1) is 11.3 Å². The summed E-state index contributed by atoms with van der Waals surface area (Å²) in [4.78, 5) is 9.89. The number of thiophene rings is 1. The third kappa shape index (κ3) is 4.35. The van der Waals surface area contributed by atoms with Gasteiger partial charge in [0.2, 0.25) is 0 Å². The molecule has 104 valence electrons. The van der Waals surface area contributed by atoms with Gasteiger partial charge >= 0.3 is 0 Å². The van der Waals surface area contributed by atoms with Gasteiger partial charge in [0, 0.05) is 5.75 Å².